The number of fused-ring (bicyclic) bond motifs is 1. The van der Waals surface area contributed by atoms with E-state index in [1.165, 1.54) is 0 Å². The van der Waals surface area contributed by atoms with Gasteiger partial charge in [0.25, 0.3) is 0 Å². The third-order valence-electron chi connectivity index (χ3n) is 3.51. The third kappa shape index (κ3) is 3.95. The van der Waals surface area contributed by atoms with Gasteiger partial charge in [-0.1, -0.05) is 48.5 Å². The van der Waals surface area contributed by atoms with Crippen LogP contribution in [0.15, 0.2) is 55.1 Å². The van der Waals surface area contributed by atoms with Crippen molar-refractivity contribution < 1.29 is 14.7 Å². The Hall–Kier alpha value is -2.62. The summed E-state index contributed by atoms with van der Waals surface area (Å²) in [6, 6.07) is 12.7. The van der Waals surface area contributed by atoms with E-state index in [0.717, 1.165) is 16.3 Å². The number of carboxylic acid groups (broad SMARTS) is 1. The molecule has 4 heteroatoms. The molecule has 2 N–H and O–H groups in total. The van der Waals surface area contributed by atoms with E-state index in [2.05, 4.69) is 11.9 Å². The minimum absolute atomic E-state index is 0.253. The second kappa shape index (κ2) is 7.41. The van der Waals surface area contributed by atoms with Gasteiger partial charge in [0.15, 0.2) is 0 Å². The summed E-state index contributed by atoms with van der Waals surface area (Å²) in [5, 5.41) is 14.0. The van der Waals surface area contributed by atoms with E-state index in [1.807, 2.05) is 42.5 Å². The SMILES string of the molecule is C=CCCC(=O)NC(Cc1cccc2ccccc12)C(=O)O. The van der Waals surface area contributed by atoms with Crippen molar-refractivity contribution in [2.24, 2.45) is 0 Å². The number of amides is 1. The lowest BCUT2D eigenvalue weighted by molar-refractivity contribution is -0.141. The van der Waals surface area contributed by atoms with E-state index in [9.17, 15) is 14.7 Å². The smallest absolute Gasteiger partial charge is 0.326 e. The third-order valence-corrected chi connectivity index (χ3v) is 3.51. The van der Waals surface area contributed by atoms with Crippen molar-refractivity contribution in [2.45, 2.75) is 25.3 Å². The van der Waals surface area contributed by atoms with Crippen LogP contribution in [0.1, 0.15) is 18.4 Å². The van der Waals surface area contributed by atoms with Gasteiger partial charge in [-0.2, -0.15) is 0 Å². The van der Waals surface area contributed by atoms with Gasteiger partial charge in [-0.05, 0) is 22.8 Å². The van der Waals surface area contributed by atoms with Gasteiger partial charge in [0.05, 0.1) is 0 Å². The second-order valence-corrected chi connectivity index (χ2v) is 5.13. The molecular weight excluding hydrogens is 278 g/mol. The topological polar surface area (TPSA) is 66.4 Å². The van der Waals surface area contributed by atoms with E-state index in [4.69, 9.17) is 0 Å². The van der Waals surface area contributed by atoms with Crippen LogP contribution in [0.5, 0.6) is 0 Å². The Balaban J connectivity index is 2.18. The second-order valence-electron chi connectivity index (χ2n) is 5.13. The quantitative estimate of drug-likeness (QED) is 0.772. The molecule has 1 amide bonds. The van der Waals surface area contributed by atoms with Crippen LogP contribution in [0, 0.1) is 0 Å². The molecule has 0 fully saturated rings. The Kier molecular flexibility index (Phi) is 5.31. The van der Waals surface area contributed by atoms with Gasteiger partial charge in [0.1, 0.15) is 6.04 Å². The molecule has 4 nitrogen and oxygen atoms in total. The predicted octanol–water partition coefficient (Wildman–Crippen LogP) is 2.92. The van der Waals surface area contributed by atoms with Gasteiger partial charge in [0.2, 0.25) is 5.91 Å². The first-order valence-electron chi connectivity index (χ1n) is 7.21. The highest BCUT2D eigenvalue weighted by Gasteiger charge is 2.20. The first-order chi connectivity index (χ1) is 10.6. The molecule has 0 aliphatic heterocycles. The number of hydrogen-bond acceptors (Lipinski definition) is 2. The number of carboxylic acids is 1. The summed E-state index contributed by atoms with van der Waals surface area (Å²) in [5.41, 5.74) is 0.912. The minimum Gasteiger partial charge on any atom is -0.480 e. The number of hydrogen-bond donors (Lipinski definition) is 2. The monoisotopic (exact) mass is 297 g/mol. The van der Waals surface area contributed by atoms with Crippen molar-refractivity contribution in [3.63, 3.8) is 0 Å². The van der Waals surface area contributed by atoms with Crippen molar-refractivity contribution in [1.29, 1.82) is 0 Å². The fourth-order valence-corrected chi connectivity index (χ4v) is 2.39. The number of benzene rings is 2. The van der Waals surface area contributed by atoms with E-state index in [-0.39, 0.29) is 18.7 Å². The van der Waals surface area contributed by atoms with Crippen LogP contribution in [-0.2, 0) is 16.0 Å². The molecule has 0 saturated carbocycles. The van der Waals surface area contributed by atoms with Crippen LogP contribution in [0.25, 0.3) is 10.8 Å². The summed E-state index contributed by atoms with van der Waals surface area (Å²) >= 11 is 0. The first kappa shape index (κ1) is 15.8. The van der Waals surface area contributed by atoms with E-state index in [1.54, 1.807) is 6.08 Å². The van der Waals surface area contributed by atoms with Crippen LogP contribution in [-0.4, -0.2) is 23.0 Å². The number of allylic oxidation sites excluding steroid dienone is 1. The molecule has 0 radical (unpaired) electrons. The number of aliphatic carboxylic acids is 1. The molecule has 1 unspecified atom stereocenters. The first-order valence-corrected chi connectivity index (χ1v) is 7.21. The Labute approximate surface area is 129 Å². The Morgan fingerprint density at radius 3 is 2.64 bits per heavy atom. The van der Waals surface area contributed by atoms with Gasteiger partial charge in [-0.25, -0.2) is 4.79 Å². The number of rotatable bonds is 7. The van der Waals surface area contributed by atoms with Gasteiger partial charge in [-0.15, -0.1) is 6.58 Å². The fourth-order valence-electron chi connectivity index (χ4n) is 2.39. The standard InChI is InChI=1S/C18H19NO3/c1-2-3-11-17(20)19-16(18(21)22)12-14-9-6-8-13-7-4-5-10-15(13)14/h2,4-10,16H,1,3,11-12H2,(H,19,20)(H,21,22). The molecule has 0 heterocycles. The molecule has 0 saturated heterocycles. The molecule has 22 heavy (non-hydrogen) atoms. The van der Waals surface area contributed by atoms with Crippen LogP contribution >= 0.6 is 0 Å². The molecule has 0 spiro atoms. The Morgan fingerprint density at radius 1 is 1.18 bits per heavy atom. The zero-order valence-corrected chi connectivity index (χ0v) is 12.3. The fraction of sp³-hybridized carbons (Fsp3) is 0.222. The van der Waals surface area contributed by atoms with E-state index >= 15 is 0 Å². The molecule has 114 valence electrons. The summed E-state index contributed by atoms with van der Waals surface area (Å²) < 4.78 is 0. The molecular formula is C18H19NO3. The van der Waals surface area contributed by atoms with Crippen LogP contribution in [0.4, 0.5) is 0 Å². The molecule has 1 atom stereocenters. The highest BCUT2D eigenvalue weighted by molar-refractivity contribution is 5.88. The zero-order valence-electron chi connectivity index (χ0n) is 12.3. The summed E-state index contributed by atoms with van der Waals surface area (Å²) in [6.07, 6.45) is 2.69. The maximum atomic E-state index is 11.7. The summed E-state index contributed by atoms with van der Waals surface area (Å²) in [5.74, 6) is -1.30. The Morgan fingerprint density at radius 2 is 1.91 bits per heavy atom. The van der Waals surface area contributed by atoms with Crippen molar-refractivity contribution >= 4 is 22.6 Å². The molecule has 2 aromatic rings. The van der Waals surface area contributed by atoms with Gasteiger partial charge < -0.3 is 10.4 Å². The Bertz CT molecular complexity index is 688. The number of carbonyl (C=O) groups is 2. The maximum Gasteiger partial charge on any atom is 0.326 e. The lowest BCUT2D eigenvalue weighted by Gasteiger charge is -2.15. The van der Waals surface area contributed by atoms with Crippen molar-refractivity contribution in [1.82, 2.24) is 5.32 Å². The van der Waals surface area contributed by atoms with E-state index in [0.29, 0.717) is 6.42 Å². The van der Waals surface area contributed by atoms with E-state index < -0.39 is 12.0 Å². The maximum absolute atomic E-state index is 11.7. The van der Waals surface area contributed by atoms with Crippen molar-refractivity contribution in [2.75, 3.05) is 0 Å². The molecule has 0 bridgehead atoms. The van der Waals surface area contributed by atoms with Gasteiger partial charge in [0, 0.05) is 12.8 Å². The summed E-state index contributed by atoms with van der Waals surface area (Å²) in [7, 11) is 0. The van der Waals surface area contributed by atoms with Crippen molar-refractivity contribution in [3.8, 4) is 0 Å². The lowest BCUT2D eigenvalue weighted by Crippen LogP contribution is -2.42. The predicted molar refractivity (Wildman–Crippen MR) is 86.6 cm³/mol. The molecule has 0 aliphatic carbocycles. The average molecular weight is 297 g/mol. The molecule has 0 aromatic heterocycles. The minimum atomic E-state index is -1.03. The van der Waals surface area contributed by atoms with Gasteiger partial charge >= 0.3 is 5.97 Å². The number of nitrogens with one attached hydrogen (secondary N) is 1. The average Bonchev–Trinajstić information content (AvgIpc) is 2.52. The normalized spacial score (nSPS) is 11.8. The van der Waals surface area contributed by atoms with Crippen LogP contribution < -0.4 is 5.32 Å². The van der Waals surface area contributed by atoms with Crippen LogP contribution in [0.2, 0.25) is 0 Å². The molecule has 0 aliphatic rings. The zero-order chi connectivity index (χ0) is 15.9. The number of carbonyl (C=O) groups excluding carboxylic acids is 1. The summed E-state index contributed by atoms with van der Waals surface area (Å²) in [4.78, 5) is 23.2. The highest BCUT2D eigenvalue weighted by Crippen LogP contribution is 2.19. The lowest BCUT2D eigenvalue weighted by atomic mass is 9.98. The molecule has 2 rings (SSSR count). The van der Waals surface area contributed by atoms with Gasteiger partial charge in [-0.3, -0.25) is 4.79 Å². The molecule has 2 aromatic carbocycles. The van der Waals surface area contributed by atoms with Crippen LogP contribution in [0.3, 0.4) is 0 Å². The van der Waals surface area contributed by atoms with Crippen molar-refractivity contribution in [3.05, 3.63) is 60.7 Å². The highest BCUT2D eigenvalue weighted by atomic mass is 16.4. The summed E-state index contributed by atoms with van der Waals surface area (Å²) in [6.45, 7) is 3.55. The largest absolute Gasteiger partial charge is 0.480 e.